The summed E-state index contributed by atoms with van der Waals surface area (Å²) in [6.45, 7) is 0.151. The van der Waals surface area contributed by atoms with E-state index in [9.17, 15) is 4.79 Å². The molecule has 2 rings (SSSR count). The van der Waals surface area contributed by atoms with Crippen molar-refractivity contribution in [3.63, 3.8) is 0 Å². The van der Waals surface area contributed by atoms with Crippen LogP contribution in [0.5, 0.6) is 0 Å². The van der Waals surface area contributed by atoms with Gasteiger partial charge in [-0.2, -0.15) is 0 Å². The van der Waals surface area contributed by atoms with Crippen LogP contribution >= 0.6 is 15.9 Å². The SMILES string of the molecule is NCc1nc2cc(Br)ccc2[nH]c1=O. The highest BCUT2D eigenvalue weighted by Gasteiger charge is 2.02. The van der Waals surface area contributed by atoms with Crippen molar-refractivity contribution in [1.29, 1.82) is 0 Å². The second-order valence-corrected chi connectivity index (χ2v) is 3.79. The standard InChI is InChI=1S/C9H8BrN3O/c10-5-1-2-6-7(3-5)12-8(4-11)9(14)13-6/h1-3H,4,11H2,(H,13,14). The second-order valence-electron chi connectivity index (χ2n) is 2.88. The molecule has 72 valence electrons. The third-order valence-corrected chi connectivity index (χ3v) is 2.41. The molecule has 0 saturated heterocycles. The minimum Gasteiger partial charge on any atom is -0.325 e. The van der Waals surface area contributed by atoms with Crippen molar-refractivity contribution in [1.82, 2.24) is 9.97 Å². The first kappa shape index (κ1) is 9.36. The van der Waals surface area contributed by atoms with Crippen LogP contribution in [0.4, 0.5) is 0 Å². The molecule has 0 aliphatic heterocycles. The first-order valence-electron chi connectivity index (χ1n) is 4.09. The van der Waals surface area contributed by atoms with Gasteiger partial charge in [0.15, 0.2) is 0 Å². The number of rotatable bonds is 1. The largest absolute Gasteiger partial charge is 0.325 e. The number of halogens is 1. The summed E-state index contributed by atoms with van der Waals surface area (Å²) < 4.78 is 0.924. The molecule has 0 aliphatic rings. The van der Waals surface area contributed by atoms with Crippen molar-refractivity contribution >= 4 is 27.0 Å². The molecule has 1 aromatic heterocycles. The van der Waals surface area contributed by atoms with Crippen LogP contribution in [0.25, 0.3) is 11.0 Å². The molecule has 14 heavy (non-hydrogen) atoms. The number of nitrogens with one attached hydrogen (secondary N) is 1. The molecule has 0 bridgehead atoms. The molecule has 4 nitrogen and oxygen atoms in total. The van der Waals surface area contributed by atoms with E-state index < -0.39 is 0 Å². The average Bonchev–Trinajstić information content (AvgIpc) is 2.17. The van der Waals surface area contributed by atoms with Crippen molar-refractivity contribution < 1.29 is 0 Å². The van der Waals surface area contributed by atoms with Gasteiger partial charge in [0, 0.05) is 11.0 Å². The van der Waals surface area contributed by atoms with Gasteiger partial charge in [-0.25, -0.2) is 4.98 Å². The minimum atomic E-state index is -0.220. The number of aromatic amines is 1. The number of hydrogen-bond donors (Lipinski definition) is 2. The predicted molar refractivity (Wildman–Crippen MR) is 58.0 cm³/mol. The summed E-state index contributed by atoms with van der Waals surface area (Å²) in [6.07, 6.45) is 0. The fourth-order valence-corrected chi connectivity index (χ4v) is 1.58. The third-order valence-electron chi connectivity index (χ3n) is 1.92. The topological polar surface area (TPSA) is 71.8 Å². The Balaban J connectivity index is 2.80. The first-order chi connectivity index (χ1) is 6.70. The summed E-state index contributed by atoms with van der Waals surface area (Å²) in [5.41, 5.74) is 6.98. The molecule has 5 heteroatoms. The van der Waals surface area contributed by atoms with Gasteiger partial charge >= 0.3 is 0 Å². The van der Waals surface area contributed by atoms with E-state index in [0.29, 0.717) is 5.69 Å². The molecule has 1 heterocycles. The highest BCUT2D eigenvalue weighted by molar-refractivity contribution is 9.10. The molecule has 0 radical (unpaired) electrons. The molecule has 3 N–H and O–H groups in total. The second kappa shape index (κ2) is 3.51. The van der Waals surface area contributed by atoms with E-state index in [1.54, 1.807) is 6.07 Å². The molecule has 0 saturated carbocycles. The molecular formula is C9H8BrN3O. The summed E-state index contributed by atoms with van der Waals surface area (Å²) in [5, 5.41) is 0. The normalized spacial score (nSPS) is 10.7. The van der Waals surface area contributed by atoms with E-state index in [4.69, 9.17) is 5.73 Å². The monoisotopic (exact) mass is 253 g/mol. The van der Waals surface area contributed by atoms with Crippen LogP contribution in [0.1, 0.15) is 5.69 Å². The van der Waals surface area contributed by atoms with Gasteiger partial charge in [-0.15, -0.1) is 0 Å². The number of nitrogens with zero attached hydrogens (tertiary/aromatic N) is 1. The Morgan fingerprint density at radius 2 is 2.29 bits per heavy atom. The quantitative estimate of drug-likeness (QED) is 0.801. The van der Waals surface area contributed by atoms with Gasteiger partial charge < -0.3 is 10.7 Å². The summed E-state index contributed by atoms with van der Waals surface area (Å²) in [6, 6.07) is 5.49. The smallest absolute Gasteiger partial charge is 0.271 e. The van der Waals surface area contributed by atoms with Crippen LogP contribution in [0.15, 0.2) is 27.5 Å². The molecule has 0 aliphatic carbocycles. The van der Waals surface area contributed by atoms with Crippen LogP contribution in [0.2, 0.25) is 0 Å². The molecule has 1 aromatic carbocycles. The number of nitrogens with two attached hydrogens (primary N) is 1. The Bertz CT molecular complexity index is 535. The maximum absolute atomic E-state index is 11.3. The Kier molecular flexibility index (Phi) is 2.35. The van der Waals surface area contributed by atoms with E-state index in [-0.39, 0.29) is 12.1 Å². The number of aromatic nitrogens is 2. The van der Waals surface area contributed by atoms with Crippen molar-refractivity contribution in [3.8, 4) is 0 Å². The Labute approximate surface area is 88.3 Å². The van der Waals surface area contributed by atoms with Gasteiger partial charge in [0.05, 0.1) is 11.0 Å². The van der Waals surface area contributed by atoms with E-state index in [1.807, 2.05) is 12.1 Å². The lowest BCUT2D eigenvalue weighted by molar-refractivity contribution is 0.959. The molecule has 0 unspecified atom stereocenters. The lowest BCUT2D eigenvalue weighted by Gasteiger charge is -2.00. The zero-order valence-electron chi connectivity index (χ0n) is 7.25. The number of benzene rings is 1. The number of hydrogen-bond acceptors (Lipinski definition) is 3. The van der Waals surface area contributed by atoms with Crippen LogP contribution in [-0.4, -0.2) is 9.97 Å². The Morgan fingerprint density at radius 3 is 3.00 bits per heavy atom. The van der Waals surface area contributed by atoms with Crippen LogP contribution < -0.4 is 11.3 Å². The van der Waals surface area contributed by atoms with Crippen LogP contribution in [0.3, 0.4) is 0 Å². The fourth-order valence-electron chi connectivity index (χ4n) is 1.23. The molecule has 2 aromatic rings. The Hall–Kier alpha value is -1.20. The van der Waals surface area contributed by atoms with Crippen molar-refractivity contribution in [2.75, 3.05) is 0 Å². The van der Waals surface area contributed by atoms with Crippen molar-refractivity contribution in [2.24, 2.45) is 5.73 Å². The zero-order chi connectivity index (χ0) is 10.1. The molecule has 0 amide bonds. The van der Waals surface area contributed by atoms with Gasteiger partial charge in [-0.3, -0.25) is 4.79 Å². The third kappa shape index (κ3) is 1.56. The highest BCUT2D eigenvalue weighted by Crippen LogP contribution is 2.15. The van der Waals surface area contributed by atoms with Crippen molar-refractivity contribution in [3.05, 3.63) is 38.7 Å². The highest BCUT2D eigenvalue weighted by atomic mass is 79.9. The number of fused-ring (bicyclic) bond motifs is 1. The maximum atomic E-state index is 11.3. The molecular weight excluding hydrogens is 246 g/mol. The van der Waals surface area contributed by atoms with Crippen LogP contribution in [0, 0.1) is 0 Å². The van der Waals surface area contributed by atoms with E-state index in [0.717, 1.165) is 15.5 Å². The molecule has 0 atom stereocenters. The van der Waals surface area contributed by atoms with Gasteiger partial charge in [0.25, 0.3) is 5.56 Å². The maximum Gasteiger partial charge on any atom is 0.271 e. The first-order valence-corrected chi connectivity index (χ1v) is 4.88. The summed E-state index contributed by atoms with van der Waals surface area (Å²) in [7, 11) is 0. The minimum absolute atomic E-state index is 0.151. The van der Waals surface area contributed by atoms with E-state index in [2.05, 4.69) is 25.9 Å². The predicted octanol–water partition coefficient (Wildman–Crippen LogP) is 1.14. The lowest BCUT2D eigenvalue weighted by atomic mass is 10.3. The average molecular weight is 254 g/mol. The van der Waals surface area contributed by atoms with Crippen molar-refractivity contribution in [2.45, 2.75) is 6.54 Å². The lowest BCUT2D eigenvalue weighted by Crippen LogP contribution is -2.18. The summed E-state index contributed by atoms with van der Waals surface area (Å²) in [4.78, 5) is 18.2. The van der Waals surface area contributed by atoms with Crippen LogP contribution in [-0.2, 0) is 6.54 Å². The van der Waals surface area contributed by atoms with Gasteiger partial charge in [0.1, 0.15) is 5.69 Å². The number of H-pyrrole nitrogens is 1. The zero-order valence-corrected chi connectivity index (χ0v) is 8.84. The van der Waals surface area contributed by atoms with Gasteiger partial charge in [0.2, 0.25) is 0 Å². The van der Waals surface area contributed by atoms with Gasteiger partial charge in [-0.1, -0.05) is 15.9 Å². The van der Waals surface area contributed by atoms with Gasteiger partial charge in [-0.05, 0) is 18.2 Å². The molecule has 0 spiro atoms. The van der Waals surface area contributed by atoms with E-state index in [1.165, 1.54) is 0 Å². The summed E-state index contributed by atoms with van der Waals surface area (Å²) >= 11 is 3.33. The fraction of sp³-hybridized carbons (Fsp3) is 0.111. The molecule has 0 fully saturated rings. The summed E-state index contributed by atoms with van der Waals surface area (Å²) in [5.74, 6) is 0. The Morgan fingerprint density at radius 1 is 1.50 bits per heavy atom. The van der Waals surface area contributed by atoms with E-state index >= 15 is 0 Å².